The largest absolute Gasteiger partial charge is 0.420 e. The number of hydrogen-bond donors (Lipinski definition) is 1. The first kappa shape index (κ1) is 28.8. The lowest BCUT2D eigenvalue weighted by Crippen LogP contribution is -2.42. The number of hydrogen-bond acceptors (Lipinski definition) is 7. The van der Waals surface area contributed by atoms with Gasteiger partial charge in [-0.15, -0.1) is 0 Å². The van der Waals surface area contributed by atoms with Crippen molar-refractivity contribution in [2.24, 2.45) is 0 Å². The van der Waals surface area contributed by atoms with Gasteiger partial charge in [-0.3, -0.25) is 4.90 Å². The molecule has 2 aliphatic rings. The van der Waals surface area contributed by atoms with E-state index in [1.54, 1.807) is 4.57 Å². The predicted octanol–water partition coefficient (Wildman–Crippen LogP) is 4.82. The van der Waals surface area contributed by atoms with E-state index in [1.165, 1.54) is 36.1 Å². The van der Waals surface area contributed by atoms with Crippen LogP contribution in [0.2, 0.25) is 5.02 Å². The average Bonchev–Trinajstić information content (AvgIpc) is 3.38. The van der Waals surface area contributed by atoms with E-state index >= 15 is 0 Å². The molecule has 1 N–H and O–H groups in total. The number of benzene rings is 1. The molecule has 2 aliphatic heterocycles. The Kier molecular flexibility index (Phi) is 8.37. The third-order valence-electron chi connectivity index (χ3n) is 7.32. The molecule has 4 heterocycles. The van der Waals surface area contributed by atoms with Crippen molar-refractivity contribution in [3.8, 4) is 17.1 Å². The first-order valence-electron chi connectivity index (χ1n) is 13.2. The quantitative estimate of drug-likeness (QED) is 0.417. The SMILES string of the molecule is CS(=O)(=O)N1CCC(Nc2ncc(C(F)(F)F)c(-c3cn(-c4ccc(CN5CCCCC5)cc4Cl)cn3)n2)CC1. The maximum atomic E-state index is 13.9. The molecule has 2 fully saturated rings. The Morgan fingerprint density at radius 2 is 1.80 bits per heavy atom. The van der Waals surface area contributed by atoms with Crippen LogP contribution in [0.3, 0.4) is 0 Å². The van der Waals surface area contributed by atoms with Crippen molar-refractivity contribution in [1.82, 2.24) is 28.7 Å². The standard InChI is InChI=1S/C26H31ClF3N7O2S/c1-40(38,39)37-11-7-19(8-12-37)33-25-31-14-20(26(28,29)30)24(34-25)22-16-36(17-32-22)23-6-5-18(13-21(23)27)15-35-9-3-2-4-10-35/h5-6,13-14,16-17,19H,2-4,7-12,15H2,1H3,(H,31,33,34). The Morgan fingerprint density at radius 3 is 2.45 bits per heavy atom. The lowest BCUT2D eigenvalue weighted by Gasteiger charge is -2.30. The summed E-state index contributed by atoms with van der Waals surface area (Å²) in [6, 6.07) is 5.52. The highest BCUT2D eigenvalue weighted by molar-refractivity contribution is 7.88. The molecule has 0 atom stereocenters. The molecule has 0 unspecified atom stereocenters. The molecule has 2 saturated heterocycles. The first-order chi connectivity index (χ1) is 19.0. The molecular weight excluding hydrogens is 567 g/mol. The van der Waals surface area contributed by atoms with Crippen LogP contribution in [0.5, 0.6) is 0 Å². The van der Waals surface area contributed by atoms with E-state index in [0.29, 0.717) is 36.6 Å². The van der Waals surface area contributed by atoms with Crippen molar-refractivity contribution in [3.05, 3.63) is 53.1 Å². The maximum Gasteiger partial charge on any atom is 0.420 e. The van der Waals surface area contributed by atoms with Gasteiger partial charge in [-0.1, -0.05) is 24.1 Å². The van der Waals surface area contributed by atoms with E-state index in [9.17, 15) is 21.6 Å². The molecule has 0 aliphatic carbocycles. The number of aromatic nitrogens is 4. The molecule has 0 saturated carbocycles. The molecular formula is C26H31ClF3N7O2S. The predicted molar refractivity (Wildman–Crippen MR) is 147 cm³/mol. The van der Waals surface area contributed by atoms with Gasteiger partial charge in [0.15, 0.2) is 0 Å². The van der Waals surface area contributed by atoms with Crippen LogP contribution in [-0.4, -0.2) is 75.6 Å². The third-order valence-corrected chi connectivity index (χ3v) is 8.93. The van der Waals surface area contributed by atoms with Gasteiger partial charge in [0.25, 0.3) is 0 Å². The van der Waals surface area contributed by atoms with E-state index in [1.807, 2.05) is 18.2 Å². The number of alkyl halides is 3. The van der Waals surface area contributed by atoms with Crippen molar-refractivity contribution in [3.63, 3.8) is 0 Å². The monoisotopic (exact) mass is 597 g/mol. The number of nitrogens with one attached hydrogen (secondary N) is 1. The second-order valence-corrected chi connectivity index (χ2v) is 12.7. The summed E-state index contributed by atoms with van der Waals surface area (Å²) >= 11 is 6.59. The van der Waals surface area contributed by atoms with Gasteiger partial charge < -0.3 is 9.88 Å². The Balaban J connectivity index is 1.36. The van der Waals surface area contributed by atoms with Crippen LogP contribution >= 0.6 is 11.6 Å². The fraction of sp³-hybridized carbons (Fsp3) is 0.500. The summed E-state index contributed by atoms with van der Waals surface area (Å²) in [6.45, 7) is 3.54. The van der Waals surface area contributed by atoms with Crippen LogP contribution in [0.1, 0.15) is 43.2 Å². The fourth-order valence-electron chi connectivity index (χ4n) is 5.18. The molecule has 14 heteroatoms. The molecule has 2 aromatic heterocycles. The zero-order valence-electron chi connectivity index (χ0n) is 22.0. The summed E-state index contributed by atoms with van der Waals surface area (Å²) in [4.78, 5) is 14.7. The second-order valence-electron chi connectivity index (χ2n) is 10.3. The molecule has 216 valence electrons. The van der Waals surface area contributed by atoms with Gasteiger partial charge in [0, 0.05) is 38.1 Å². The van der Waals surface area contributed by atoms with Crippen LogP contribution in [-0.2, 0) is 22.7 Å². The molecule has 5 rings (SSSR count). The normalized spacial score (nSPS) is 18.2. The molecule has 40 heavy (non-hydrogen) atoms. The Hall–Kier alpha value is -2.74. The third kappa shape index (κ3) is 6.76. The van der Waals surface area contributed by atoms with E-state index in [0.717, 1.165) is 37.7 Å². The zero-order chi connectivity index (χ0) is 28.5. The second kappa shape index (κ2) is 11.6. The van der Waals surface area contributed by atoms with Crippen LogP contribution in [0.25, 0.3) is 17.1 Å². The highest BCUT2D eigenvalue weighted by Gasteiger charge is 2.36. The minimum Gasteiger partial charge on any atom is -0.351 e. The van der Waals surface area contributed by atoms with Gasteiger partial charge in [0.2, 0.25) is 16.0 Å². The molecule has 9 nitrogen and oxygen atoms in total. The molecule has 3 aromatic rings. The Labute approximate surface area is 236 Å². The lowest BCUT2D eigenvalue weighted by molar-refractivity contribution is -0.137. The minimum atomic E-state index is -4.69. The van der Waals surface area contributed by atoms with Crippen molar-refractivity contribution in [1.29, 1.82) is 0 Å². The van der Waals surface area contributed by atoms with Gasteiger partial charge in [-0.25, -0.2) is 27.7 Å². The molecule has 0 radical (unpaired) electrons. The van der Waals surface area contributed by atoms with Crippen molar-refractivity contribution in [2.45, 2.75) is 50.9 Å². The average molecular weight is 598 g/mol. The van der Waals surface area contributed by atoms with Crippen LogP contribution in [0.15, 0.2) is 36.9 Å². The number of likely N-dealkylation sites (tertiary alicyclic amines) is 1. The van der Waals surface area contributed by atoms with Crippen LogP contribution in [0, 0.1) is 0 Å². The van der Waals surface area contributed by atoms with Gasteiger partial charge >= 0.3 is 6.18 Å². The number of halogens is 4. The molecule has 0 bridgehead atoms. The highest BCUT2D eigenvalue weighted by Crippen LogP contribution is 2.36. The number of sulfonamides is 1. The summed E-state index contributed by atoms with van der Waals surface area (Å²) < 4.78 is 68.1. The van der Waals surface area contributed by atoms with E-state index in [4.69, 9.17) is 11.6 Å². The zero-order valence-corrected chi connectivity index (χ0v) is 23.6. The van der Waals surface area contributed by atoms with E-state index < -0.39 is 21.8 Å². The lowest BCUT2D eigenvalue weighted by atomic mass is 10.1. The van der Waals surface area contributed by atoms with E-state index in [-0.39, 0.29) is 23.4 Å². The Bertz CT molecular complexity index is 1450. The van der Waals surface area contributed by atoms with Crippen molar-refractivity contribution >= 4 is 27.6 Å². The van der Waals surface area contributed by atoms with Crippen molar-refractivity contribution in [2.75, 3.05) is 37.8 Å². The maximum absolute atomic E-state index is 13.9. The van der Waals surface area contributed by atoms with Gasteiger partial charge in [0.1, 0.15) is 23.3 Å². The van der Waals surface area contributed by atoms with Crippen LogP contribution < -0.4 is 5.32 Å². The molecule has 0 spiro atoms. The van der Waals surface area contributed by atoms with E-state index in [2.05, 4.69) is 25.2 Å². The molecule has 1 aromatic carbocycles. The van der Waals surface area contributed by atoms with Gasteiger partial charge in [0.05, 0.1) is 17.0 Å². The number of nitrogens with zero attached hydrogens (tertiary/aromatic N) is 6. The fourth-order valence-corrected chi connectivity index (χ4v) is 6.35. The summed E-state index contributed by atoms with van der Waals surface area (Å²) in [5.41, 5.74) is 0.345. The van der Waals surface area contributed by atoms with Gasteiger partial charge in [-0.2, -0.15) is 13.2 Å². The van der Waals surface area contributed by atoms with Crippen molar-refractivity contribution < 1.29 is 21.6 Å². The first-order valence-corrected chi connectivity index (χ1v) is 15.4. The Morgan fingerprint density at radius 1 is 1.07 bits per heavy atom. The number of imidazole rings is 1. The van der Waals surface area contributed by atoms with Gasteiger partial charge in [-0.05, 0) is 56.5 Å². The smallest absolute Gasteiger partial charge is 0.351 e. The summed E-state index contributed by atoms with van der Waals surface area (Å²) in [5.74, 6) is 0.0236. The summed E-state index contributed by atoms with van der Waals surface area (Å²) in [7, 11) is -3.29. The number of anilines is 1. The highest BCUT2D eigenvalue weighted by atomic mass is 35.5. The van der Waals surface area contributed by atoms with Crippen LogP contribution in [0.4, 0.5) is 19.1 Å². The number of rotatable bonds is 7. The number of piperidine rings is 2. The summed E-state index contributed by atoms with van der Waals surface area (Å²) in [5, 5.41) is 3.53. The topological polar surface area (TPSA) is 96.2 Å². The minimum absolute atomic E-state index is 0.0236. The summed E-state index contributed by atoms with van der Waals surface area (Å²) in [6.07, 6.45) is 4.69. The molecule has 0 amide bonds.